The number of amides is 1. The van der Waals surface area contributed by atoms with Gasteiger partial charge in [-0.05, 0) is 31.4 Å². The van der Waals surface area contributed by atoms with Crippen molar-refractivity contribution in [1.29, 1.82) is 0 Å². The van der Waals surface area contributed by atoms with Crippen LogP contribution in [-0.4, -0.2) is 35.7 Å². The first-order valence-corrected chi connectivity index (χ1v) is 10.3. The molecule has 0 spiro atoms. The molecule has 0 radical (unpaired) electrons. The monoisotopic (exact) mass is 433 g/mol. The second kappa shape index (κ2) is 12.1. The first-order chi connectivity index (χ1) is 12.1. The lowest BCUT2D eigenvalue weighted by Crippen LogP contribution is -2.47. The largest absolute Gasteiger partial charge is 0.468 e. The van der Waals surface area contributed by atoms with Crippen molar-refractivity contribution in [1.82, 2.24) is 5.32 Å². The maximum absolute atomic E-state index is 12.9. The van der Waals surface area contributed by atoms with E-state index in [-0.39, 0.29) is 56.6 Å². The van der Waals surface area contributed by atoms with Crippen LogP contribution in [-0.2, 0) is 20.1 Å². The third-order valence-corrected chi connectivity index (χ3v) is 6.43. The molecule has 2 aliphatic rings. The van der Waals surface area contributed by atoms with Gasteiger partial charge in [-0.15, -0.1) is 11.8 Å². The Morgan fingerprint density at radius 1 is 1.30 bits per heavy atom. The van der Waals surface area contributed by atoms with Gasteiger partial charge < -0.3 is 14.5 Å². The standard InChI is InChI=1S/C19H27NO4S.2H2S/c1-13-18(16(21)11-24-13)20-19(22)17(10-14-6-3-2-4-7-14)25-12-15-8-5-9-23-15;;/h5,8-9,13-14,17-18H,2-4,6-7,10-12H2,1H3,(H,20,22);2*1H2/t13-,17+,18-;;/m0../s1. The molecule has 154 valence electrons. The average molecular weight is 434 g/mol. The zero-order valence-corrected chi connectivity index (χ0v) is 18.6. The highest BCUT2D eigenvalue weighted by Gasteiger charge is 2.36. The zero-order valence-electron chi connectivity index (χ0n) is 15.7. The number of ether oxygens (including phenoxy) is 1. The molecule has 0 bridgehead atoms. The normalized spacial score (nSPS) is 24.0. The molecule has 3 rings (SSSR count). The van der Waals surface area contributed by atoms with Crippen molar-refractivity contribution in [3.63, 3.8) is 0 Å². The number of Topliss-reactive ketones (excluding diaryl/α,β-unsaturated/α-hetero) is 1. The quantitative estimate of drug-likeness (QED) is 0.712. The first kappa shape index (κ1) is 24.5. The van der Waals surface area contributed by atoms with Crippen molar-refractivity contribution in [3.8, 4) is 0 Å². The van der Waals surface area contributed by atoms with Crippen LogP contribution in [0, 0.1) is 5.92 Å². The highest BCUT2D eigenvalue weighted by molar-refractivity contribution is 7.99. The molecule has 2 heterocycles. The van der Waals surface area contributed by atoms with Gasteiger partial charge in [-0.1, -0.05) is 32.1 Å². The van der Waals surface area contributed by atoms with Gasteiger partial charge in [0.05, 0.1) is 23.4 Å². The van der Waals surface area contributed by atoms with E-state index in [0.717, 1.165) is 12.2 Å². The third-order valence-electron chi connectivity index (χ3n) is 5.17. The Kier molecular flexibility index (Phi) is 11.0. The van der Waals surface area contributed by atoms with Crippen molar-refractivity contribution >= 4 is 50.4 Å². The van der Waals surface area contributed by atoms with Gasteiger partial charge in [0.1, 0.15) is 18.4 Å². The molecule has 27 heavy (non-hydrogen) atoms. The van der Waals surface area contributed by atoms with Crippen LogP contribution in [0.25, 0.3) is 0 Å². The summed E-state index contributed by atoms with van der Waals surface area (Å²) in [6.07, 6.45) is 8.50. The number of furan rings is 1. The summed E-state index contributed by atoms with van der Waals surface area (Å²) < 4.78 is 10.7. The lowest BCUT2D eigenvalue weighted by atomic mass is 9.86. The molecule has 0 unspecified atom stereocenters. The van der Waals surface area contributed by atoms with E-state index in [4.69, 9.17) is 9.15 Å². The highest BCUT2D eigenvalue weighted by atomic mass is 32.2. The maximum atomic E-state index is 12.9. The molecule has 1 aliphatic heterocycles. The summed E-state index contributed by atoms with van der Waals surface area (Å²) >= 11 is 1.61. The van der Waals surface area contributed by atoms with E-state index in [1.807, 2.05) is 19.1 Å². The lowest BCUT2D eigenvalue weighted by Gasteiger charge is -2.26. The molecule has 3 atom stereocenters. The molecule has 1 saturated carbocycles. The summed E-state index contributed by atoms with van der Waals surface area (Å²) in [5.41, 5.74) is 0. The van der Waals surface area contributed by atoms with Crippen LogP contribution >= 0.6 is 38.8 Å². The van der Waals surface area contributed by atoms with Gasteiger partial charge in [0.15, 0.2) is 5.78 Å². The van der Waals surface area contributed by atoms with Gasteiger partial charge in [0, 0.05) is 0 Å². The maximum Gasteiger partial charge on any atom is 0.233 e. The van der Waals surface area contributed by atoms with Gasteiger partial charge >= 0.3 is 0 Å². The van der Waals surface area contributed by atoms with Crippen LogP contribution in [0.15, 0.2) is 22.8 Å². The van der Waals surface area contributed by atoms with Crippen LogP contribution in [0.3, 0.4) is 0 Å². The van der Waals surface area contributed by atoms with Gasteiger partial charge in [-0.2, -0.15) is 27.0 Å². The molecule has 1 aromatic rings. The van der Waals surface area contributed by atoms with E-state index >= 15 is 0 Å². The Labute approximate surface area is 179 Å². The fourth-order valence-corrected chi connectivity index (χ4v) is 4.82. The highest BCUT2D eigenvalue weighted by Crippen LogP contribution is 2.32. The molecule has 5 nitrogen and oxygen atoms in total. The van der Waals surface area contributed by atoms with Gasteiger partial charge in [-0.3, -0.25) is 9.59 Å². The molecule has 2 fully saturated rings. The van der Waals surface area contributed by atoms with Crippen molar-refractivity contribution in [2.75, 3.05) is 6.61 Å². The second-order valence-electron chi connectivity index (χ2n) is 7.09. The van der Waals surface area contributed by atoms with Crippen molar-refractivity contribution in [2.45, 2.75) is 68.6 Å². The third kappa shape index (κ3) is 7.07. The molecule has 8 heteroatoms. The molecule has 1 aromatic heterocycles. The van der Waals surface area contributed by atoms with Gasteiger partial charge in [0.25, 0.3) is 0 Å². The molecule has 0 aromatic carbocycles. The molecular formula is C19H31NO4S3. The zero-order chi connectivity index (χ0) is 17.6. The first-order valence-electron chi connectivity index (χ1n) is 9.22. The number of hydrogen-bond acceptors (Lipinski definition) is 5. The molecule has 1 saturated heterocycles. The van der Waals surface area contributed by atoms with Crippen molar-refractivity contribution in [3.05, 3.63) is 24.2 Å². The van der Waals surface area contributed by atoms with E-state index in [1.165, 1.54) is 32.1 Å². The minimum atomic E-state index is -0.509. The summed E-state index contributed by atoms with van der Waals surface area (Å²) in [7, 11) is 0. The number of rotatable bonds is 7. The Balaban J connectivity index is 0.00000182. The Bertz CT molecular complexity index is 576. The number of ketones is 1. The summed E-state index contributed by atoms with van der Waals surface area (Å²) in [6.45, 7) is 1.93. The number of hydrogen-bond donors (Lipinski definition) is 1. The smallest absolute Gasteiger partial charge is 0.233 e. The molecule has 1 amide bonds. The fraction of sp³-hybridized carbons (Fsp3) is 0.684. The molecular weight excluding hydrogens is 402 g/mol. The topological polar surface area (TPSA) is 68.5 Å². The summed E-state index contributed by atoms with van der Waals surface area (Å²) in [5.74, 6) is 2.07. The van der Waals surface area contributed by atoms with Crippen LogP contribution in [0.5, 0.6) is 0 Å². The number of carbonyl (C=O) groups is 2. The van der Waals surface area contributed by atoms with E-state index in [1.54, 1.807) is 18.0 Å². The number of nitrogens with one attached hydrogen (secondary N) is 1. The Morgan fingerprint density at radius 2 is 2.04 bits per heavy atom. The minimum absolute atomic E-state index is 0. The van der Waals surface area contributed by atoms with Gasteiger partial charge in [-0.25, -0.2) is 0 Å². The predicted octanol–water partition coefficient (Wildman–Crippen LogP) is 3.55. The van der Waals surface area contributed by atoms with Crippen LogP contribution < -0.4 is 5.32 Å². The Hall–Kier alpha value is -0.570. The SMILES string of the molecule is C[C@@H]1OCC(=O)[C@H]1NC(=O)[C@@H](CC1CCCCC1)SCc1ccco1.S.S. The van der Waals surface area contributed by atoms with E-state index in [9.17, 15) is 9.59 Å². The van der Waals surface area contributed by atoms with Crippen LogP contribution in [0.1, 0.15) is 51.2 Å². The van der Waals surface area contributed by atoms with E-state index in [0.29, 0.717) is 11.7 Å². The summed E-state index contributed by atoms with van der Waals surface area (Å²) in [4.78, 5) is 24.8. The van der Waals surface area contributed by atoms with E-state index < -0.39 is 6.04 Å². The minimum Gasteiger partial charge on any atom is -0.468 e. The Morgan fingerprint density at radius 3 is 2.63 bits per heavy atom. The second-order valence-corrected chi connectivity index (χ2v) is 8.28. The summed E-state index contributed by atoms with van der Waals surface area (Å²) in [5, 5.41) is 2.77. The van der Waals surface area contributed by atoms with Crippen LogP contribution in [0.4, 0.5) is 0 Å². The van der Waals surface area contributed by atoms with Crippen LogP contribution in [0.2, 0.25) is 0 Å². The average Bonchev–Trinajstić information content (AvgIpc) is 3.24. The van der Waals surface area contributed by atoms with E-state index in [2.05, 4.69) is 5.32 Å². The summed E-state index contributed by atoms with van der Waals surface area (Å²) in [6, 6.07) is 3.28. The number of carbonyl (C=O) groups excluding carboxylic acids is 2. The molecule has 1 aliphatic carbocycles. The van der Waals surface area contributed by atoms with Crippen molar-refractivity contribution in [2.24, 2.45) is 5.92 Å². The van der Waals surface area contributed by atoms with Gasteiger partial charge in [0.2, 0.25) is 5.91 Å². The predicted molar refractivity (Wildman–Crippen MR) is 118 cm³/mol. The number of thioether (sulfide) groups is 1. The molecule has 1 N–H and O–H groups in total. The van der Waals surface area contributed by atoms with Crippen molar-refractivity contribution < 1.29 is 18.7 Å². The lowest BCUT2D eigenvalue weighted by molar-refractivity contribution is -0.126. The fourth-order valence-electron chi connectivity index (χ4n) is 3.66.